The molecule has 10 heteroatoms. The Morgan fingerprint density at radius 3 is 2.67 bits per heavy atom. The lowest BCUT2D eigenvalue weighted by atomic mass is 10.1. The van der Waals surface area contributed by atoms with Crippen molar-refractivity contribution in [2.24, 2.45) is 5.92 Å². The summed E-state index contributed by atoms with van der Waals surface area (Å²) in [5.41, 5.74) is 2.05. The number of thiazole rings is 1. The van der Waals surface area contributed by atoms with Crippen molar-refractivity contribution in [1.29, 1.82) is 0 Å². The molecule has 3 aliphatic carbocycles. The molecule has 3 aromatic heterocycles. The zero-order valence-electron chi connectivity index (χ0n) is 18.6. The average Bonchev–Trinajstić information content (AvgIpc) is 3.59. The number of nitrogens with zero attached hydrogens (tertiary/aromatic N) is 4. The van der Waals surface area contributed by atoms with Crippen molar-refractivity contribution in [2.75, 3.05) is 10.6 Å². The van der Waals surface area contributed by atoms with Crippen LogP contribution in [-0.4, -0.2) is 65.1 Å². The molecule has 174 valence electrons. The molecule has 5 atom stereocenters. The second kappa shape index (κ2) is 7.56. The van der Waals surface area contributed by atoms with E-state index in [1.54, 1.807) is 11.3 Å². The SMILES string of the molecule is CCCc1nccc2sc(-c3c(C)nc(NC4CC4)nc3N[C@@H]3C[C@@H]4C(O)[C@]4(O)[C@H]3O)nc12. The van der Waals surface area contributed by atoms with Gasteiger partial charge in [-0.1, -0.05) is 13.3 Å². The van der Waals surface area contributed by atoms with Gasteiger partial charge in [0, 0.05) is 18.2 Å². The molecule has 0 amide bonds. The summed E-state index contributed by atoms with van der Waals surface area (Å²) in [7, 11) is 0. The number of fused-ring (bicyclic) bond motifs is 2. The highest BCUT2D eigenvalue weighted by atomic mass is 32.1. The Kier molecular flexibility index (Phi) is 4.84. The number of nitrogens with one attached hydrogen (secondary N) is 2. The van der Waals surface area contributed by atoms with E-state index in [0.29, 0.717) is 24.2 Å². The highest BCUT2D eigenvalue weighted by Crippen LogP contribution is 2.56. The quantitative estimate of drug-likeness (QED) is 0.354. The molecule has 5 N–H and O–H groups in total. The lowest BCUT2D eigenvalue weighted by Gasteiger charge is -2.25. The topological polar surface area (TPSA) is 136 Å². The third-order valence-electron chi connectivity index (χ3n) is 7.11. The first-order valence-corrected chi connectivity index (χ1v) is 12.5. The molecule has 3 fully saturated rings. The number of aliphatic hydroxyl groups is 3. The first-order valence-electron chi connectivity index (χ1n) is 11.6. The lowest BCUT2D eigenvalue weighted by molar-refractivity contribution is -0.0262. The number of rotatable bonds is 7. The van der Waals surface area contributed by atoms with Crippen LogP contribution >= 0.6 is 11.3 Å². The fraction of sp³-hybridized carbons (Fsp3) is 0.565. The number of aliphatic hydroxyl groups excluding tert-OH is 2. The van der Waals surface area contributed by atoms with Gasteiger partial charge in [-0.2, -0.15) is 4.98 Å². The Morgan fingerprint density at radius 1 is 1.15 bits per heavy atom. The summed E-state index contributed by atoms with van der Waals surface area (Å²) < 4.78 is 1.06. The summed E-state index contributed by atoms with van der Waals surface area (Å²) in [6.07, 6.45) is 4.42. The van der Waals surface area contributed by atoms with E-state index in [9.17, 15) is 15.3 Å². The van der Waals surface area contributed by atoms with Crippen molar-refractivity contribution in [3.8, 4) is 10.6 Å². The Balaban J connectivity index is 1.41. The molecule has 1 unspecified atom stereocenters. The van der Waals surface area contributed by atoms with Crippen molar-refractivity contribution < 1.29 is 15.3 Å². The van der Waals surface area contributed by atoms with E-state index in [4.69, 9.17) is 15.0 Å². The van der Waals surface area contributed by atoms with E-state index in [1.807, 2.05) is 19.2 Å². The number of aryl methyl sites for hydroxylation is 2. The van der Waals surface area contributed by atoms with E-state index >= 15 is 0 Å². The first-order chi connectivity index (χ1) is 15.9. The molecule has 0 spiro atoms. The van der Waals surface area contributed by atoms with Crippen LogP contribution in [0.1, 0.15) is 44.0 Å². The second-order valence-electron chi connectivity index (χ2n) is 9.52. The zero-order chi connectivity index (χ0) is 22.9. The summed E-state index contributed by atoms with van der Waals surface area (Å²) in [4.78, 5) is 18.9. The van der Waals surface area contributed by atoms with E-state index in [2.05, 4.69) is 22.5 Å². The van der Waals surface area contributed by atoms with Gasteiger partial charge in [-0.25, -0.2) is 9.97 Å². The van der Waals surface area contributed by atoms with Crippen molar-refractivity contribution in [3.63, 3.8) is 0 Å². The van der Waals surface area contributed by atoms with E-state index in [0.717, 1.165) is 57.9 Å². The molecule has 0 aromatic carbocycles. The largest absolute Gasteiger partial charge is 0.390 e. The van der Waals surface area contributed by atoms with Gasteiger partial charge < -0.3 is 26.0 Å². The second-order valence-corrected chi connectivity index (χ2v) is 10.5. The fourth-order valence-corrected chi connectivity index (χ4v) is 6.12. The molecule has 3 aliphatic rings. The average molecular weight is 469 g/mol. The number of pyridine rings is 1. The van der Waals surface area contributed by atoms with Crippen LogP contribution in [0.25, 0.3) is 20.8 Å². The van der Waals surface area contributed by atoms with Crippen molar-refractivity contribution >= 4 is 33.3 Å². The van der Waals surface area contributed by atoms with Gasteiger partial charge in [0.05, 0.1) is 33.8 Å². The standard InChI is InChI=1S/C23H28N6O3S/c1-3-4-13-17-15(7-8-24-13)33-21(28-17)16-10(2)25-22(26-11-5-6-11)29-20(16)27-14-9-12-18(30)23(12,32)19(14)31/h7-8,11-12,14,18-19,30-32H,3-6,9H2,1-2H3,(H2,25,26,27,29)/t12-,14-,18?,19+,23+/m1/s1. The molecule has 3 heterocycles. The Labute approximate surface area is 195 Å². The molecule has 0 aliphatic heterocycles. The number of anilines is 2. The number of hydrogen-bond acceptors (Lipinski definition) is 10. The first kappa shape index (κ1) is 21.2. The normalized spacial score (nSPS) is 30.5. The Morgan fingerprint density at radius 2 is 1.97 bits per heavy atom. The Hall–Kier alpha value is -2.40. The molecule has 9 nitrogen and oxygen atoms in total. The monoisotopic (exact) mass is 468 g/mol. The molecule has 3 saturated carbocycles. The van der Waals surface area contributed by atoms with Gasteiger partial charge in [0.1, 0.15) is 28.0 Å². The third kappa shape index (κ3) is 3.39. The summed E-state index contributed by atoms with van der Waals surface area (Å²) in [5, 5.41) is 38.7. The van der Waals surface area contributed by atoms with Gasteiger partial charge >= 0.3 is 0 Å². The lowest BCUT2D eigenvalue weighted by Crippen LogP contribution is -2.42. The fourth-order valence-electron chi connectivity index (χ4n) is 5.04. The van der Waals surface area contributed by atoms with Gasteiger partial charge in [-0.3, -0.25) is 4.98 Å². The van der Waals surface area contributed by atoms with Crippen LogP contribution in [0.4, 0.5) is 11.8 Å². The minimum absolute atomic E-state index is 0.314. The van der Waals surface area contributed by atoms with Gasteiger partial charge in [-0.15, -0.1) is 11.3 Å². The van der Waals surface area contributed by atoms with Crippen LogP contribution in [0.15, 0.2) is 12.3 Å². The van der Waals surface area contributed by atoms with Gasteiger partial charge in [0.15, 0.2) is 0 Å². The van der Waals surface area contributed by atoms with Gasteiger partial charge in [0.25, 0.3) is 0 Å². The zero-order valence-corrected chi connectivity index (χ0v) is 19.4. The predicted molar refractivity (Wildman–Crippen MR) is 126 cm³/mol. The molecule has 0 saturated heterocycles. The van der Waals surface area contributed by atoms with Crippen LogP contribution < -0.4 is 10.6 Å². The summed E-state index contributed by atoms with van der Waals surface area (Å²) in [5.74, 6) is 0.816. The van der Waals surface area contributed by atoms with Gasteiger partial charge in [0.2, 0.25) is 5.95 Å². The maximum Gasteiger partial charge on any atom is 0.225 e. The summed E-state index contributed by atoms with van der Waals surface area (Å²) >= 11 is 1.58. The Bertz CT molecular complexity index is 1230. The smallest absolute Gasteiger partial charge is 0.225 e. The van der Waals surface area contributed by atoms with Crippen LogP contribution in [0, 0.1) is 12.8 Å². The van der Waals surface area contributed by atoms with Crippen molar-refractivity contribution in [1.82, 2.24) is 19.9 Å². The summed E-state index contributed by atoms with van der Waals surface area (Å²) in [6, 6.07) is 1.96. The molecule has 0 bridgehead atoms. The predicted octanol–water partition coefficient (Wildman–Crippen LogP) is 2.25. The minimum Gasteiger partial charge on any atom is -0.390 e. The molecule has 0 radical (unpaired) electrons. The molecule has 3 aromatic rings. The maximum atomic E-state index is 10.7. The van der Waals surface area contributed by atoms with E-state index in [1.165, 1.54) is 0 Å². The van der Waals surface area contributed by atoms with E-state index in [-0.39, 0.29) is 5.92 Å². The summed E-state index contributed by atoms with van der Waals surface area (Å²) in [6.45, 7) is 4.07. The molecule has 33 heavy (non-hydrogen) atoms. The minimum atomic E-state index is -1.43. The van der Waals surface area contributed by atoms with Crippen molar-refractivity contribution in [3.05, 3.63) is 23.7 Å². The number of hydrogen-bond donors (Lipinski definition) is 5. The highest BCUT2D eigenvalue weighted by molar-refractivity contribution is 7.21. The van der Waals surface area contributed by atoms with Crippen LogP contribution in [-0.2, 0) is 6.42 Å². The van der Waals surface area contributed by atoms with Crippen LogP contribution in [0.3, 0.4) is 0 Å². The van der Waals surface area contributed by atoms with Crippen LogP contribution in [0.5, 0.6) is 0 Å². The van der Waals surface area contributed by atoms with Crippen molar-refractivity contribution in [2.45, 2.75) is 75.8 Å². The number of aromatic nitrogens is 4. The maximum absolute atomic E-state index is 10.7. The third-order valence-corrected chi connectivity index (χ3v) is 8.15. The van der Waals surface area contributed by atoms with Crippen LogP contribution in [0.2, 0.25) is 0 Å². The molecular formula is C23H28N6O3S. The van der Waals surface area contributed by atoms with Gasteiger partial charge in [-0.05, 0) is 38.7 Å². The highest BCUT2D eigenvalue weighted by Gasteiger charge is 2.74. The van der Waals surface area contributed by atoms with E-state index < -0.39 is 23.9 Å². The molecular weight excluding hydrogens is 440 g/mol. The molecule has 6 rings (SSSR count).